The summed E-state index contributed by atoms with van der Waals surface area (Å²) < 4.78 is 4.64. The number of thiazole rings is 1. The number of carbonyl (C=O) groups excluding carboxylic acids is 2. The molecule has 0 spiro atoms. The highest BCUT2D eigenvalue weighted by Gasteiger charge is 2.17. The van der Waals surface area contributed by atoms with Gasteiger partial charge in [-0.1, -0.05) is 11.3 Å². The largest absolute Gasteiger partial charge is 0.465 e. The Hall–Kier alpha value is -2.28. The van der Waals surface area contributed by atoms with E-state index in [0.717, 1.165) is 17.0 Å². The van der Waals surface area contributed by atoms with Gasteiger partial charge in [-0.2, -0.15) is 0 Å². The molecule has 1 amide bonds. The number of hydrogen-bond donors (Lipinski definition) is 1. The third-order valence-corrected chi connectivity index (χ3v) is 3.61. The first-order valence-corrected chi connectivity index (χ1v) is 6.62. The maximum Gasteiger partial charge on any atom is 0.350 e. The van der Waals surface area contributed by atoms with Crippen molar-refractivity contribution in [1.29, 1.82) is 0 Å². The lowest BCUT2D eigenvalue weighted by Gasteiger charge is -2.01. The highest BCUT2D eigenvalue weighted by atomic mass is 32.1. The van der Waals surface area contributed by atoms with Crippen molar-refractivity contribution >= 4 is 28.3 Å². The third kappa shape index (κ3) is 3.00. The highest BCUT2D eigenvalue weighted by molar-refractivity contribution is 7.17. The number of esters is 1. The minimum Gasteiger partial charge on any atom is -0.465 e. The predicted octanol–water partition coefficient (Wildman–Crippen LogP) is 2.19. The van der Waals surface area contributed by atoms with Crippen LogP contribution in [0.1, 0.15) is 31.4 Å². The number of amides is 1. The first-order valence-electron chi connectivity index (χ1n) is 5.81. The molecular weight excluding hydrogens is 278 g/mol. The Bertz CT molecular complexity index is 649. The molecule has 7 heteroatoms. The number of carbonyl (C=O) groups is 2. The summed E-state index contributed by atoms with van der Waals surface area (Å²) in [5, 5.41) is 2.99. The first kappa shape index (κ1) is 14.1. The molecule has 0 unspecified atom stereocenters. The molecule has 1 N–H and O–H groups in total. The molecule has 2 heterocycles. The number of nitrogens with one attached hydrogen (secondary N) is 1. The smallest absolute Gasteiger partial charge is 0.350 e. The van der Waals surface area contributed by atoms with Crippen LogP contribution in [0.2, 0.25) is 0 Å². The summed E-state index contributed by atoms with van der Waals surface area (Å²) in [5.41, 5.74) is 1.79. The number of anilines is 1. The molecule has 2 aromatic heterocycles. The second-order valence-corrected chi connectivity index (χ2v) is 5.07. The Morgan fingerprint density at radius 3 is 2.65 bits per heavy atom. The van der Waals surface area contributed by atoms with Gasteiger partial charge in [0, 0.05) is 11.9 Å². The van der Waals surface area contributed by atoms with Gasteiger partial charge in [0.25, 0.3) is 5.91 Å². The van der Waals surface area contributed by atoms with Crippen LogP contribution in [0.25, 0.3) is 0 Å². The molecule has 0 atom stereocenters. The lowest BCUT2D eigenvalue weighted by atomic mass is 10.2. The monoisotopic (exact) mass is 291 g/mol. The van der Waals surface area contributed by atoms with Crippen molar-refractivity contribution in [2.75, 3.05) is 12.4 Å². The third-order valence-electron chi connectivity index (χ3n) is 2.56. The maximum atomic E-state index is 12.0. The van der Waals surface area contributed by atoms with Crippen LogP contribution < -0.4 is 5.32 Å². The van der Waals surface area contributed by atoms with Crippen molar-refractivity contribution < 1.29 is 14.3 Å². The van der Waals surface area contributed by atoms with Crippen LogP contribution >= 0.6 is 11.3 Å². The second-order valence-electron chi connectivity index (χ2n) is 4.07. The number of hydrogen-bond acceptors (Lipinski definition) is 6. The standard InChI is InChI=1S/C13H13N3O3S/c1-7-4-5-9(6-14-7)11(17)16-13-15-8(2)10(20-13)12(18)19-3/h4-6H,1-3H3,(H,15,16,17). The summed E-state index contributed by atoms with van der Waals surface area (Å²) in [6, 6.07) is 3.43. The van der Waals surface area contributed by atoms with E-state index >= 15 is 0 Å². The minimum absolute atomic E-state index is 0.317. The molecule has 2 aromatic rings. The fraction of sp³-hybridized carbons (Fsp3) is 0.231. The maximum absolute atomic E-state index is 12.0. The summed E-state index contributed by atoms with van der Waals surface area (Å²) in [5.74, 6) is -0.778. The highest BCUT2D eigenvalue weighted by Crippen LogP contribution is 2.23. The van der Waals surface area contributed by atoms with Crippen molar-refractivity contribution in [1.82, 2.24) is 9.97 Å². The van der Waals surface area contributed by atoms with Crippen molar-refractivity contribution in [3.63, 3.8) is 0 Å². The molecule has 0 aliphatic rings. The molecule has 2 rings (SSSR count). The molecule has 6 nitrogen and oxygen atoms in total. The SMILES string of the molecule is COC(=O)c1sc(NC(=O)c2ccc(C)nc2)nc1C. The lowest BCUT2D eigenvalue weighted by molar-refractivity contribution is 0.0605. The summed E-state index contributed by atoms with van der Waals surface area (Å²) >= 11 is 1.08. The predicted molar refractivity (Wildman–Crippen MR) is 75.1 cm³/mol. The van der Waals surface area contributed by atoms with Crippen LogP contribution in [0.3, 0.4) is 0 Å². The van der Waals surface area contributed by atoms with Crippen LogP contribution in [-0.4, -0.2) is 29.0 Å². The zero-order chi connectivity index (χ0) is 14.7. The van der Waals surface area contributed by atoms with Gasteiger partial charge < -0.3 is 4.74 Å². The average Bonchev–Trinajstić information content (AvgIpc) is 2.79. The summed E-state index contributed by atoms with van der Waals surface area (Å²) in [7, 11) is 1.30. The van der Waals surface area contributed by atoms with Crippen molar-refractivity contribution in [3.8, 4) is 0 Å². The van der Waals surface area contributed by atoms with Gasteiger partial charge in [-0.3, -0.25) is 15.1 Å². The van der Waals surface area contributed by atoms with E-state index < -0.39 is 5.97 Å². The first-order chi connectivity index (χ1) is 9.51. The molecule has 104 valence electrons. The number of methoxy groups -OCH3 is 1. The van der Waals surface area contributed by atoms with Gasteiger partial charge in [0.15, 0.2) is 5.13 Å². The molecular formula is C13H13N3O3S. The lowest BCUT2D eigenvalue weighted by Crippen LogP contribution is -2.12. The molecule has 0 radical (unpaired) electrons. The molecule has 0 aliphatic heterocycles. The molecule has 0 fully saturated rings. The Balaban J connectivity index is 2.16. The van der Waals surface area contributed by atoms with Gasteiger partial charge in [-0.25, -0.2) is 9.78 Å². The Labute approximate surface area is 119 Å². The van der Waals surface area contributed by atoms with Gasteiger partial charge in [-0.05, 0) is 26.0 Å². The fourth-order valence-electron chi connectivity index (χ4n) is 1.50. The van der Waals surface area contributed by atoms with Crippen molar-refractivity contribution in [3.05, 3.63) is 40.2 Å². The van der Waals surface area contributed by atoms with Gasteiger partial charge in [-0.15, -0.1) is 0 Å². The van der Waals surface area contributed by atoms with Crippen LogP contribution in [0, 0.1) is 13.8 Å². The minimum atomic E-state index is -0.461. The number of aryl methyl sites for hydroxylation is 2. The molecule has 0 aromatic carbocycles. The van der Waals surface area contributed by atoms with Gasteiger partial charge in [0.05, 0.1) is 18.4 Å². The van der Waals surface area contributed by atoms with Crippen LogP contribution in [0.5, 0.6) is 0 Å². The summed E-state index contributed by atoms with van der Waals surface area (Å²) in [6.45, 7) is 3.53. The molecule has 0 bridgehead atoms. The Kier molecular flexibility index (Phi) is 4.09. The van der Waals surface area contributed by atoms with Gasteiger partial charge >= 0.3 is 5.97 Å². The van der Waals surface area contributed by atoms with E-state index in [0.29, 0.717) is 21.3 Å². The van der Waals surface area contributed by atoms with E-state index in [4.69, 9.17) is 0 Å². The molecule has 0 aliphatic carbocycles. The zero-order valence-electron chi connectivity index (χ0n) is 11.3. The van der Waals surface area contributed by atoms with Crippen LogP contribution in [-0.2, 0) is 4.74 Å². The van der Waals surface area contributed by atoms with Crippen molar-refractivity contribution in [2.45, 2.75) is 13.8 Å². The van der Waals surface area contributed by atoms with Crippen molar-refractivity contribution in [2.24, 2.45) is 0 Å². The van der Waals surface area contributed by atoms with E-state index in [1.54, 1.807) is 19.1 Å². The van der Waals surface area contributed by atoms with E-state index in [9.17, 15) is 9.59 Å². The Morgan fingerprint density at radius 2 is 2.05 bits per heavy atom. The molecule has 0 saturated carbocycles. The number of rotatable bonds is 3. The zero-order valence-corrected chi connectivity index (χ0v) is 12.1. The molecule has 0 saturated heterocycles. The van der Waals surface area contributed by atoms with Crippen LogP contribution in [0.4, 0.5) is 5.13 Å². The van der Waals surface area contributed by atoms with E-state index in [1.165, 1.54) is 13.3 Å². The van der Waals surface area contributed by atoms with E-state index in [-0.39, 0.29) is 5.91 Å². The van der Waals surface area contributed by atoms with Crippen LogP contribution in [0.15, 0.2) is 18.3 Å². The number of pyridine rings is 1. The molecule has 20 heavy (non-hydrogen) atoms. The topological polar surface area (TPSA) is 81.2 Å². The van der Waals surface area contributed by atoms with E-state index in [2.05, 4.69) is 20.0 Å². The number of nitrogens with zero attached hydrogens (tertiary/aromatic N) is 2. The second kappa shape index (κ2) is 5.79. The number of ether oxygens (including phenoxy) is 1. The normalized spacial score (nSPS) is 10.2. The van der Waals surface area contributed by atoms with E-state index in [1.807, 2.05) is 6.92 Å². The Morgan fingerprint density at radius 1 is 1.30 bits per heavy atom. The summed E-state index contributed by atoms with van der Waals surface area (Å²) in [6.07, 6.45) is 1.49. The average molecular weight is 291 g/mol. The number of aromatic nitrogens is 2. The van der Waals surface area contributed by atoms with Gasteiger partial charge in [0.1, 0.15) is 4.88 Å². The summed E-state index contributed by atoms with van der Waals surface area (Å²) in [4.78, 5) is 32.0. The van der Waals surface area contributed by atoms with Gasteiger partial charge in [0.2, 0.25) is 0 Å². The fourth-order valence-corrected chi connectivity index (χ4v) is 2.38. The quantitative estimate of drug-likeness (QED) is 0.877.